The second kappa shape index (κ2) is 8.97. The largest absolute Gasteiger partial charge is 0.508 e. The monoisotopic (exact) mass is 430 g/mol. The zero-order chi connectivity index (χ0) is 21.2. The number of carbonyl (C=O) groups is 1. The van der Waals surface area contributed by atoms with Gasteiger partial charge >= 0.3 is 0 Å². The first-order valence-electron chi connectivity index (χ1n) is 8.65. The summed E-state index contributed by atoms with van der Waals surface area (Å²) in [6, 6.07) is 4.14. The summed E-state index contributed by atoms with van der Waals surface area (Å²) in [4.78, 5) is 13.0. The van der Waals surface area contributed by atoms with E-state index >= 15 is 0 Å². The van der Waals surface area contributed by atoms with Gasteiger partial charge < -0.3 is 15.3 Å². The summed E-state index contributed by atoms with van der Waals surface area (Å²) in [6.45, 7) is 3.40. The number of nitrogens with one attached hydrogen (secondary N) is 1. The molecule has 0 saturated carbocycles. The lowest BCUT2D eigenvalue weighted by molar-refractivity contribution is -0.126. The molecule has 0 radical (unpaired) electrons. The van der Waals surface area contributed by atoms with E-state index in [4.69, 9.17) is 23.2 Å². The summed E-state index contributed by atoms with van der Waals surface area (Å²) >= 11 is 12.4. The molecular formula is C20H22Cl2F2N2O2. The number of phenols is 1. The normalized spacial score (nSPS) is 11.0. The summed E-state index contributed by atoms with van der Waals surface area (Å²) in [7, 11) is 3.17. The van der Waals surface area contributed by atoms with Crippen LogP contribution in [0.5, 0.6) is 5.75 Å². The number of phenolic OH excluding ortho intramolecular Hbond substituents is 1. The van der Waals surface area contributed by atoms with Gasteiger partial charge in [0.2, 0.25) is 5.91 Å². The number of anilines is 1. The van der Waals surface area contributed by atoms with E-state index < -0.39 is 11.6 Å². The van der Waals surface area contributed by atoms with E-state index in [0.717, 1.165) is 0 Å². The van der Waals surface area contributed by atoms with E-state index in [9.17, 15) is 18.7 Å². The molecule has 0 atom stereocenters. The second-order valence-corrected chi connectivity index (χ2v) is 7.74. The molecule has 0 aliphatic rings. The van der Waals surface area contributed by atoms with E-state index in [2.05, 4.69) is 5.32 Å². The van der Waals surface area contributed by atoms with Crippen LogP contribution >= 0.6 is 23.2 Å². The quantitative estimate of drug-likeness (QED) is 0.619. The fraction of sp³-hybridized carbons (Fsp3) is 0.350. The van der Waals surface area contributed by atoms with Crippen molar-refractivity contribution in [2.24, 2.45) is 0 Å². The van der Waals surface area contributed by atoms with E-state index in [1.54, 1.807) is 27.9 Å². The molecule has 0 heterocycles. The molecule has 28 heavy (non-hydrogen) atoms. The van der Waals surface area contributed by atoms with E-state index in [1.807, 2.05) is 0 Å². The Kier molecular flexibility index (Phi) is 7.12. The number of nitrogens with zero attached hydrogens (tertiary/aromatic N) is 1. The zero-order valence-electron chi connectivity index (χ0n) is 16.0. The number of benzene rings is 2. The third-order valence-electron chi connectivity index (χ3n) is 4.36. The molecule has 2 N–H and O–H groups in total. The van der Waals surface area contributed by atoms with Crippen molar-refractivity contribution in [3.8, 4) is 5.75 Å². The highest BCUT2D eigenvalue weighted by Gasteiger charge is 2.21. The Hall–Kier alpha value is -2.05. The van der Waals surface area contributed by atoms with Crippen LogP contribution in [0.25, 0.3) is 0 Å². The van der Waals surface area contributed by atoms with Crippen molar-refractivity contribution in [1.82, 2.24) is 4.90 Å². The lowest BCUT2D eigenvalue weighted by Crippen LogP contribution is -2.28. The molecule has 0 unspecified atom stereocenters. The fourth-order valence-corrected chi connectivity index (χ4v) is 3.35. The van der Waals surface area contributed by atoms with Gasteiger partial charge in [0.15, 0.2) is 5.82 Å². The minimum atomic E-state index is -0.768. The van der Waals surface area contributed by atoms with Crippen LogP contribution in [0.3, 0.4) is 0 Å². The Morgan fingerprint density at radius 1 is 1.21 bits per heavy atom. The maximum absolute atomic E-state index is 14.8. The number of likely N-dealkylation sites (N-methyl/N-ethyl adjacent to an activating group) is 1. The molecule has 0 spiro atoms. The van der Waals surface area contributed by atoms with E-state index in [-0.39, 0.29) is 63.0 Å². The Bertz CT molecular complexity index is 903. The minimum absolute atomic E-state index is 0.0111. The Labute approximate surface area is 173 Å². The molecule has 4 nitrogen and oxygen atoms in total. The van der Waals surface area contributed by atoms with E-state index in [0.29, 0.717) is 0 Å². The molecule has 2 rings (SSSR count). The number of halogens is 4. The number of carbonyl (C=O) groups excluding carboxylic acids is 1. The van der Waals surface area contributed by atoms with Gasteiger partial charge in [0.1, 0.15) is 11.6 Å². The molecule has 0 bridgehead atoms. The Morgan fingerprint density at radius 3 is 2.43 bits per heavy atom. The van der Waals surface area contributed by atoms with Crippen LogP contribution in [-0.4, -0.2) is 36.6 Å². The third kappa shape index (κ3) is 4.67. The number of aromatic hydroxyl groups is 1. The second-order valence-electron chi connectivity index (χ2n) is 6.96. The topological polar surface area (TPSA) is 52.6 Å². The molecular weight excluding hydrogens is 409 g/mol. The summed E-state index contributed by atoms with van der Waals surface area (Å²) in [5, 5.41) is 12.5. The molecule has 0 aliphatic carbocycles. The Morgan fingerprint density at radius 2 is 1.86 bits per heavy atom. The van der Waals surface area contributed by atoms with Gasteiger partial charge in [-0.3, -0.25) is 4.79 Å². The lowest BCUT2D eigenvalue weighted by Gasteiger charge is -2.17. The standard InChI is InChI=1S/C20H22Cl2F2N2O2/c1-10(2)17-15(27)6-5-11(19(17)23)7-12-13(21)8-14(20(24)18(12)22)25-9-16(28)26(3)4/h5-6,8,10,25,27H,7,9H2,1-4H3. The number of rotatable bonds is 6. The maximum Gasteiger partial charge on any atom is 0.241 e. The summed E-state index contributed by atoms with van der Waals surface area (Å²) in [5.74, 6) is -1.95. The highest BCUT2D eigenvalue weighted by molar-refractivity contribution is 6.36. The predicted octanol–water partition coefficient (Wildman–Crippen LogP) is 5.19. The minimum Gasteiger partial charge on any atom is -0.508 e. The molecule has 1 amide bonds. The molecule has 0 fully saturated rings. The summed E-state index contributed by atoms with van der Waals surface area (Å²) in [5.41, 5.74) is 0.645. The number of hydrogen-bond acceptors (Lipinski definition) is 3. The van der Waals surface area contributed by atoms with Crippen LogP contribution < -0.4 is 5.32 Å². The average Bonchev–Trinajstić information content (AvgIpc) is 2.61. The SMILES string of the molecule is CC(C)c1c(O)ccc(Cc2c(Cl)cc(NCC(=O)N(C)C)c(F)c2Cl)c1F. The van der Waals surface area contributed by atoms with Crippen LogP contribution in [-0.2, 0) is 11.2 Å². The van der Waals surface area contributed by atoms with Crippen molar-refractivity contribution in [2.45, 2.75) is 26.2 Å². The molecule has 152 valence electrons. The number of hydrogen-bond donors (Lipinski definition) is 2. The smallest absolute Gasteiger partial charge is 0.241 e. The summed E-state index contributed by atoms with van der Waals surface area (Å²) < 4.78 is 29.5. The van der Waals surface area contributed by atoms with Gasteiger partial charge in [-0.15, -0.1) is 0 Å². The van der Waals surface area contributed by atoms with Crippen molar-refractivity contribution >= 4 is 34.8 Å². The predicted molar refractivity (Wildman–Crippen MR) is 109 cm³/mol. The average molecular weight is 431 g/mol. The summed E-state index contributed by atoms with van der Waals surface area (Å²) in [6.07, 6.45) is -0.0443. The molecule has 0 aliphatic heterocycles. The first-order valence-corrected chi connectivity index (χ1v) is 9.40. The fourth-order valence-electron chi connectivity index (χ4n) is 2.76. The van der Waals surface area contributed by atoms with E-state index in [1.165, 1.54) is 23.1 Å². The Balaban J connectivity index is 2.37. The molecule has 2 aromatic carbocycles. The first kappa shape index (κ1) is 22.2. The highest BCUT2D eigenvalue weighted by atomic mass is 35.5. The van der Waals surface area contributed by atoms with Gasteiger partial charge in [-0.25, -0.2) is 8.78 Å². The molecule has 0 aromatic heterocycles. The molecule has 2 aromatic rings. The number of amides is 1. The van der Waals surface area contributed by atoms with Gasteiger partial charge in [0.05, 0.1) is 17.3 Å². The van der Waals surface area contributed by atoms with Gasteiger partial charge in [-0.2, -0.15) is 0 Å². The van der Waals surface area contributed by atoms with Crippen molar-refractivity contribution in [1.29, 1.82) is 0 Å². The van der Waals surface area contributed by atoms with Gasteiger partial charge in [0, 0.05) is 31.1 Å². The van der Waals surface area contributed by atoms with Crippen molar-refractivity contribution < 1.29 is 18.7 Å². The van der Waals surface area contributed by atoms with Crippen LogP contribution in [0.15, 0.2) is 18.2 Å². The van der Waals surface area contributed by atoms with Crippen LogP contribution in [0.4, 0.5) is 14.5 Å². The van der Waals surface area contributed by atoms with Crippen molar-refractivity contribution in [3.63, 3.8) is 0 Å². The van der Waals surface area contributed by atoms with Gasteiger partial charge in [-0.1, -0.05) is 43.1 Å². The lowest BCUT2D eigenvalue weighted by atomic mass is 9.95. The molecule has 0 saturated heterocycles. The zero-order valence-corrected chi connectivity index (χ0v) is 17.6. The van der Waals surface area contributed by atoms with Crippen molar-refractivity contribution in [2.75, 3.05) is 26.0 Å². The highest BCUT2D eigenvalue weighted by Crippen LogP contribution is 2.37. The van der Waals surface area contributed by atoms with Gasteiger partial charge in [-0.05, 0) is 29.2 Å². The van der Waals surface area contributed by atoms with Crippen LogP contribution in [0, 0.1) is 11.6 Å². The van der Waals surface area contributed by atoms with Gasteiger partial charge in [0.25, 0.3) is 0 Å². The van der Waals surface area contributed by atoms with Crippen LogP contribution in [0.2, 0.25) is 10.0 Å². The first-order chi connectivity index (χ1) is 13.0. The van der Waals surface area contributed by atoms with Crippen LogP contribution in [0.1, 0.15) is 36.5 Å². The maximum atomic E-state index is 14.8. The molecule has 8 heteroatoms. The third-order valence-corrected chi connectivity index (χ3v) is 5.09. The van der Waals surface area contributed by atoms with Crippen molar-refractivity contribution in [3.05, 3.63) is 56.6 Å².